The van der Waals surface area contributed by atoms with Crippen LogP contribution < -0.4 is 32.7 Å². The highest BCUT2D eigenvalue weighted by Crippen LogP contribution is 2.43. The molecule has 0 spiro atoms. The van der Waals surface area contributed by atoms with Crippen LogP contribution in [0.1, 0.15) is 27.2 Å². The molecule has 32 nitrogen and oxygen atoms in total. The molecular weight excluding hydrogens is 939 g/mol. The highest BCUT2D eigenvalue weighted by molar-refractivity contribution is 7.47. The highest BCUT2D eigenvalue weighted by atomic mass is 31.2. The number of ether oxygens (including phenoxy) is 5. The number of rotatable bonds is 22. The van der Waals surface area contributed by atoms with Gasteiger partial charge in [-0.2, -0.15) is 0 Å². The molecular formula is C34H61N6O26P. The van der Waals surface area contributed by atoms with Gasteiger partial charge in [-0.1, -0.05) is 0 Å². The Bertz CT molecular complexity index is 1690. The maximum Gasteiger partial charge on any atom is 0.472 e. The van der Waals surface area contributed by atoms with Crippen molar-refractivity contribution in [3.8, 4) is 0 Å². The first-order valence-electron chi connectivity index (χ1n) is 20.0. The van der Waals surface area contributed by atoms with Crippen molar-refractivity contribution < 1.29 is 127 Å². The van der Waals surface area contributed by atoms with E-state index in [2.05, 4.69) is 30.3 Å². The Hall–Kier alpha value is -3.71. The average Bonchev–Trinajstić information content (AvgIpc) is 3.25. The molecule has 67 heavy (non-hydrogen) atoms. The first-order chi connectivity index (χ1) is 31.2. The Morgan fingerprint density at radius 3 is 1.66 bits per heavy atom. The van der Waals surface area contributed by atoms with E-state index in [1.807, 2.05) is 0 Å². The van der Waals surface area contributed by atoms with E-state index in [0.29, 0.717) is 0 Å². The van der Waals surface area contributed by atoms with Gasteiger partial charge in [-0.25, -0.2) is 4.57 Å². The zero-order valence-corrected chi connectivity index (χ0v) is 36.9. The van der Waals surface area contributed by atoms with Crippen LogP contribution in [0.25, 0.3) is 0 Å². The Morgan fingerprint density at radius 2 is 1.16 bits per heavy atom. The van der Waals surface area contributed by atoms with Crippen LogP contribution in [0.2, 0.25) is 0 Å². The minimum absolute atomic E-state index is 0.618. The molecule has 10 unspecified atom stereocenters. The number of aliphatic carboxylic acids is 1. The largest absolute Gasteiger partial charge is 0.480 e. The van der Waals surface area contributed by atoms with Crippen LogP contribution in [0.3, 0.4) is 0 Å². The molecule has 0 aliphatic carbocycles. The smallest absolute Gasteiger partial charge is 0.472 e. The Labute approximate surface area is 379 Å². The number of nitrogens with two attached hydrogens (primary N) is 2. The molecule has 0 bridgehead atoms. The SMILES string of the molecule is CC(=O)NC(CC(=O)NC1OC(CO)[C@@H](O[C@@H]2O[C@H](CO)C(O[C@@H]3O[C@H](CO)C(O)[C@H](O)[C@@H]3O)[C@H](O)C2NC(C)=O)C(O)[C@H]1NC(C)=O)C(N)=O.NC(COP(=O)(O)OCC(O)CO)C(=O)O. The third kappa shape index (κ3) is 18.0. The fourth-order valence-corrected chi connectivity index (χ4v) is 7.19. The van der Waals surface area contributed by atoms with Gasteiger partial charge in [0, 0.05) is 20.8 Å². The monoisotopic (exact) mass is 1000 g/mol. The molecule has 0 aromatic rings. The molecule has 0 aromatic heterocycles. The molecule has 20 N–H and O–H groups in total. The molecule has 5 amide bonds. The lowest BCUT2D eigenvalue weighted by Gasteiger charge is -2.49. The van der Waals surface area contributed by atoms with Gasteiger partial charge in [-0.05, 0) is 0 Å². The van der Waals surface area contributed by atoms with Gasteiger partial charge in [0.25, 0.3) is 0 Å². The second kappa shape index (κ2) is 27.5. The number of aliphatic hydroxyl groups is 10. The Morgan fingerprint density at radius 1 is 0.672 bits per heavy atom. The van der Waals surface area contributed by atoms with Gasteiger partial charge < -0.3 is 117 Å². The first kappa shape index (κ1) is 59.4. The number of phosphoric ester groups is 1. The Balaban J connectivity index is 0.000000817. The number of carbonyl (C=O) groups excluding carboxylic acids is 5. The summed E-state index contributed by atoms with van der Waals surface area (Å²) < 4.78 is 48.0. The molecule has 19 atom stereocenters. The minimum Gasteiger partial charge on any atom is -0.480 e. The van der Waals surface area contributed by atoms with Crippen molar-refractivity contribution in [2.75, 3.05) is 39.6 Å². The van der Waals surface area contributed by atoms with E-state index in [1.165, 1.54) is 0 Å². The summed E-state index contributed by atoms with van der Waals surface area (Å²) >= 11 is 0. The summed E-state index contributed by atoms with van der Waals surface area (Å²) in [6, 6.07) is -5.96. The molecule has 3 aliphatic rings. The van der Waals surface area contributed by atoms with Crippen LogP contribution in [0, 0.1) is 0 Å². The van der Waals surface area contributed by atoms with E-state index in [9.17, 15) is 74.2 Å². The second-order valence-corrected chi connectivity index (χ2v) is 16.6. The first-order valence-corrected chi connectivity index (χ1v) is 21.5. The van der Waals surface area contributed by atoms with E-state index >= 15 is 0 Å². The summed E-state index contributed by atoms with van der Waals surface area (Å²) in [6.45, 7) is -1.31. The van der Waals surface area contributed by atoms with Gasteiger partial charge in [0.15, 0.2) is 18.8 Å². The number of amides is 5. The van der Waals surface area contributed by atoms with E-state index in [4.69, 9.17) is 55.4 Å². The quantitative estimate of drug-likeness (QED) is 0.0448. The van der Waals surface area contributed by atoms with Crippen LogP contribution in [-0.2, 0) is 66.1 Å². The van der Waals surface area contributed by atoms with Crippen molar-refractivity contribution in [3.63, 3.8) is 0 Å². The number of nitrogens with one attached hydrogen (secondary N) is 4. The second-order valence-electron chi connectivity index (χ2n) is 15.1. The molecule has 3 heterocycles. The molecule has 388 valence electrons. The molecule has 0 saturated carbocycles. The van der Waals surface area contributed by atoms with Gasteiger partial charge in [0.05, 0.1) is 46.1 Å². The van der Waals surface area contributed by atoms with Crippen molar-refractivity contribution in [1.82, 2.24) is 21.3 Å². The molecule has 3 fully saturated rings. The van der Waals surface area contributed by atoms with Gasteiger partial charge in [-0.3, -0.25) is 37.8 Å². The lowest BCUT2D eigenvalue weighted by atomic mass is 9.93. The number of phosphoric acid groups is 1. The number of carboxylic acid groups (broad SMARTS) is 1. The van der Waals surface area contributed by atoms with Crippen molar-refractivity contribution in [3.05, 3.63) is 0 Å². The number of primary amides is 1. The topological polar surface area (TPSA) is 527 Å². The molecule has 33 heteroatoms. The van der Waals surface area contributed by atoms with Crippen molar-refractivity contribution in [2.24, 2.45) is 11.5 Å². The fraction of sp³-hybridized carbons (Fsp3) is 0.824. The number of carbonyl (C=O) groups is 6. The molecule has 3 saturated heterocycles. The van der Waals surface area contributed by atoms with Crippen molar-refractivity contribution >= 4 is 43.3 Å². The third-order valence-corrected chi connectivity index (χ3v) is 10.7. The van der Waals surface area contributed by atoms with Gasteiger partial charge >= 0.3 is 13.8 Å². The summed E-state index contributed by atoms with van der Waals surface area (Å²) in [5.74, 6) is -5.46. The lowest BCUT2D eigenvalue weighted by Crippen LogP contribution is -2.71. The maximum atomic E-state index is 12.8. The van der Waals surface area contributed by atoms with E-state index in [-0.39, 0.29) is 0 Å². The van der Waals surface area contributed by atoms with E-state index in [0.717, 1.165) is 20.8 Å². The summed E-state index contributed by atoms with van der Waals surface area (Å²) in [5, 5.41) is 118. The number of hydrogen-bond acceptors (Lipinski definition) is 25. The van der Waals surface area contributed by atoms with E-state index < -0.39 is 200 Å². The predicted octanol–water partition coefficient (Wildman–Crippen LogP) is -10.9. The highest BCUT2D eigenvalue weighted by Gasteiger charge is 2.54. The molecule has 0 aromatic carbocycles. The lowest BCUT2D eigenvalue weighted by molar-refractivity contribution is -0.358. The zero-order chi connectivity index (χ0) is 51.1. The molecule has 0 radical (unpaired) electrons. The summed E-state index contributed by atoms with van der Waals surface area (Å²) in [5.41, 5.74) is 10.3. The summed E-state index contributed by atoms with van der Waals surface area (Å²) in [6.07, 6.45) is -24.0. The minimum atomic E-state index is -4.47. The Kier molecular flexibility index (Phi) is 24.4. The van der Waals surface area contributed by atoms with Crippen molar-refractivity contribution in [2.45, 2.75) is 137 Å². The zero-order valence-electron chi connectivity index (χ0n) is 36.0. The number of aliphatic hydroxyl groups excluding tert-OH is 10. The van der Waals surface area contributed by atoms with Gasteiger partial charge in [0.2, 0.25) is 29.5 Å². The van der Waals surface area contributed by atoms with Crippen LogP contribution in [-0.4, -0.2) is 246 Å². The number of carboxylic acids is 1. The van der Waals surface area contributed by atoms with Gasteiger partial charge in [0.1, 0.15) is 91.3 Å². The predicted molar refractivity (Wildman–Crippen MR) is 212 cm³/mol. The van der Waals surface area contributed by atoms with Crippen LogP contribution in [0.15, 0.2) is 0 Å². The van der Waals surface area contributed by atoms with Crippen LogP contribution in [0.4, 0.5) is 0 Å². The van der Waals surface area contributed by atoms with Gasteiger partial charge in [-0.15, -0.1) is 0 Å². The van der Waals surface area contributed by atoms with Crippen LogP contribution >= 0.6 is 7.82 Å². The molecule has 3 rings (SSSR count). The van der Waals surface area contributed by atoms with E-state index in [1.54, 1.807) is 0 Å². The average molecular weight is 1000 g/mol. The standard InChI is InChI=1S/C28H47N5O18.C6H14NO8P/c1-8(37)30-11(25(29)46)4-15(40)33-26-16(31-9(2)38)19(42)23(13(6-35)47-26)50-27-17(32-10(3)39)20(43)24(14(7-36)49-27)51-28-22(45)21(44)18(41)12(5-34)48-28;7-5(6(10)11)3-15-16(12,13)14-2-4(9)1-8/h11-14,16-24,26-28,34-36,41-45H,4-7H2,1-3H3,(H2,29,46)(H,30,37)(H,31,38)(H,32,39)(H,33,40);4-5,8-9H,1-3,7H2,(H,10,11)(H,12,13)/t11?,12-,13?,14-,16-,17?,18?,19?,20-,21+,22+,23-,24?,26?,27+,28+;/m1./s1. The fourth-order valence-electron chi connectivity index (χ4n) is 6.40. The maximum absolute atomic E-state index is 12.8. The van der Waals surface area contributed by atoms with Crippen LogP contribution in [0.5, 0.6) is 0 Å². The summed E-state index contributed by atoms with van der Waals surface area (Å²) in [4.78, 5) is 79.5. The third-order valence-electron chi connectivity index (χ3n) is 9.71. The molecule has 3 aliphatic heterocycles. The normalized spacial score (nSPS) is 34.1. The van der Waals surface area contributed by atoms with Crippen molar-refractivity contribution in [1.29, 1.82) is 0 Å². The summed E-state index contributed by atoms with van der Waals surface area (Å²) in [7, 11) is -4.47. The number of hydrogen-bond donors (Lipinski definition) is 18.